The summed E-state index contributed by atoms with van der Waals surface area (Å²) in [7, 11) is 1.69. The van der Waals surface area contributed by atoms with E-state index < -0.39 is 0 Å². The van der Waals surface area contributed by atoms with Crippen LogP contribution < -0.4 is 4.74 Å². The molecule has 0 saturated carbocycles. The zero-order valence-electron chi connectivity index (χ0n) is 9.80. The number of halogens is 2. The zero-order valence-corrected chi connectivity index (χ0v) is 12.1. The summed E-state index contributed by atoms with van der Waals surface area (Å²) in [5, 5.41) is 0. The first-order chi connectivity index (χ1) is 7.71. The molecule has 16 heavy (non-hydrogen) atoms. The molecular formula is C13H18BrClO. The van der Waals surface area contributed by atoms with Crippen LogP contribution in [0.1, 0.15) is 25.3 Å². The first kappa shape index (κ1) is 13.9. The second-order valence-corrected chi connectivity index (χ2v) is 5.13. The molecule has 0 aliphatic rings. The van der Waals surface area contributed by atoms with Crippen molar-refractivity contribution in [3.8, 4) is 5.75 Å². The number of benzene rings is 1. The number of rotatable bonds is 6. The van der Waals surface area contributed by atoms with Gasteiger partial charge in [-0.2, -0.15) is 0 Å². The minimum atomic E-state index is 0.551. The van der Waals surface area contributed by atoms with Crippen LogP contribution in [0.5, 0.6) is 5.75 Å². The van der Waals surface area contributed by atoms with Crippen molar-refractivity contribution in [2.24, 2.45) is 5.92 Å². The average molecular weight is 306 g/mol. The Hall–Kier alpha value is -0.210. The summed E-state index contributed by atoms with van der Waals surface area (Å²) in [6.45, 7) is 2.19. The molecule has 1 rings (SSSR count). The molecule has 0 aliphatic carbocycles. The number of alkyl halides is 1. The number of hydrogen-bond donors (Lipinski definition) is 0. The molecule has 0 bridgehead atoms. The second kappa shape index (κ2) is 7.18. The van der Waals surface area contributed by atoms with E-state index in [-0.39, 0.29) is 0 Å². The van der Waals surface area contributed by atoms with E-state index in [1.165, 1.54) is 18.4 Å². The van der Waals surface area contributed by atoms with Crippen LogP contribution in [0.3, 0.4) is 0 Å². The maximum absolute atomic E-state index is 5.98. The van der Waals surface area contributed by atoms with Gasteiger partial charge in [0.05, 0.1) is 7.11 Å². The highest BCUT2D eigenvalue weighted by atomic mass is 79.9. The molecule has 3 heteroatoms. The topological polar surface area (TPSA) is 9.23 Å². The third-order valence-electron chi connectivity index (χ3n) is 2.68. The summed E-state index contributed by atoms with van der Waals surface area (Å²) in [6.07, 6.45) is 3.36. The van der Waals surface area contributed by atoms with Crippen molar-refractivity contribution in [2.45, 2.75) is 26.2 Å². The Morgan fingerprint density at radius 3 is 2.75 bits per heavy atom. The molecule has 0 saturated heterocycles. The molecule has 0 spiro atoms. The Kier molecular flexibility index (Phi) is 6.22. The van der Waals surface area contributed by atoms with Crippen molar-refractivity contribution in [2.75, 3.05) is 13.0 Å². The molecule has 0 heterocycles. The second-order valence-electron chi connectivity index (χ2n) is 3.97. The molecule has 1 atom stereocenters. The van der Waals surface area contributed by atoms with Gasteiger partial charge in [-0.25, -0.2) is 0 Å². The lowest BCUT2D eigenvalue weighted by Crippen LogP contribution is -2.06. The van der Waals surface area contributed by atoms with Crippen molar-refractivity contribution in [1.82, 2.24) is 0 Å². The summed E-state index contributed by atoms with van der Waals surface area (Å²) in [6, 6.07) is 6.08. The maximum Gasteiger partial charge on any atom is 0.119 e. The summed E-state index contributed by atoms with van der Waals surface area (Å²) in [5.74, 6) is 2.18. The summed E-state index contributed by atoms with van der Waals surface area (Å²) in [4.78, 5) is 0. The molecule has 0 amide bonds. The van der Waals surface area contributed by atoms with E-state index in [1.54, 1.807) is 7.11 Å². The van der Waals surface area contributed by atoms with Gasteiger partial charge in [-0.3, -0.25) is 0 Å². The summed E-state index contributed by atoms with van der Waals surface area (Å²) >= 11 is 9.55. The van der Waals surface area contributed by atoms with Crippen LogP contribution in [0.2, 0.25) is 0 Å². The SMILES string of the molecule is CCCC(CCl)Cc1cc(OC)ccc1Br. The number of hydrogen-bond acceptors (Lipinski definition) is 1. The fraction of sp³-hybridized carbons (Fsp3) is 0.538. The van der Waals surface area contributed by atoms with E-state index in [2.05, 4.69) is 28.9 Å². The van der Waals surface area contributed by atoms with Crippen LogP contribution in [0.4, 0.5) is 0 Å². The van der Waals surface area contributed by atoms with Crippen molar-refractivity contribution in [1.29, 1.82) is 0 Å². The Balaban J connectivity index is 2.77. The maximum atomic E-state index is 5.98. The smallest absolute Gasteiger partial charge is 0.119 e. The van der Waals surface area contributed by atoms with E-state index in [1.807, 2.05) is 12.1 Å². The molecular weight excluding hydrogens is 287 g/mol. The zero-order chi connectivity index (χ0) is 12.0. The van der Waals surface area contributed by atoms with Gasteiger partial charge < -0.3 is 4.74 Å². The normalized spacial score (nSPS) is 12.5. The van der Waals surface area contributed by atoms with Gasteiger partial charge in [0.25, 0.3) is 0 Å². The van der Waals surface area contributed by atoms with Crippen LogP contribution in [-0.4, -0.2) is 13.0 Å². The van der Waals surface area contributed by atoms with E-state index in [0.717, 1.165) is 22.5 Å². The van der Waals surface area contributed by atoms with Gasteiger partial charge in [-0.15, -0.1) is 11.6 Å². The summed E-state index contributed by atoms with van der Waals surface area (Å²) in [5.41, 5.74) is 1.28. The molecule has 0 N–H and O–H groups in total. The monoisotopic (exact) mass is 304 g/mol. The van der Waals surface area contributed by atoms with Gasteiger partial charge in [0.15, 0.2) is 0 Å². The van der Waals surface area contributed by atoms with E-state index in [0.29, 0.717) is 5.92 Å². The lowest BCUT2D eigenvalue weighted by atomic mass is 9.97. The first-order valence-corrected chi connectivity index (χ1v) is 6.92. The van der Waals surface area contributed by atoms with Crippen molar-refractivity contribution in [3.05, 3.63) is 28.2 Å². The fourth-order valence-corrected chi connectivity index (χ4v) is 2.46. The third-order valence-corrected chi connectivity index (χ3v) is 3.89. The highest BCUT2D eigenvalue weighted by Crippen LogP contribution is 2.26. The molecule has 1 aromatic rings. The van der Waals surface area contributed by atoms with E-state index in [4.69, 9.17) is 16.3 Å². The van der Waals surface area contributed by atoms with E-state index >= 15 is 0 Å². The minimum absolute atomic E-state index is 0.551. The Morgan fingerprint density at radius 1 is 1.44 bits per heavy atom. The predicted octanol–water partition coefficient (Wildman–Crippen LogP) is 4.66. The molecule has 1 aromatic carbocycles. The molecule has 1 nitrogen and oxygen atoms in total. The lowest BCUT2D eigenvalue weighted by molar-refractivity contribution is 0.413. The van der Waals surface area contributed by atoms with Crippen LogP contribution in [0, 0.1) is 5.92 Å². The van der Waals surface area contributed by atoms with Crippen LogP contribution >= 0.6 is 27.5 Å². The van der Waals surface area contributed by atoms with Gasteiger partial charge >= 0.3 is 0 Å². The number of methoxy groups -OCH3 is 1. The standard InChI is InChI=1S/C13H18BrClO/c1-3-4-10(9-15)7-11-8-12(16-2)5-6-13(11)14/h5-6,8,10H,3-4,7,9H2,1-2H3. The van der Waals surface area contributed by atoms with Gasteiger partial charge in [-0.1, -0.05) is 29.3 Å². The fourth-order valence-electron chi connectivity index (χ4n) is 1.79. The highest BCUT2D eigenvalue weighted by molar-refractivity contribution is 9.10. The number of ether oxygens (including phenoxy) is 1. The van der Waals surface area contributed by atoms with Crippen molar-refractivity contribution < 1.29 is 4.74 Å². The van der Waals surface area contributed by atoms with Gasteiger partial charge in [0, 0.05) is 10.4 Å². The molecule has 0 radical (unpaired) electrons. The predicted molar refractivity (Wildman–Crippen MR) is 73.5 cm³/mol. The van der Waals surface area contributed by atoms with Crippen LogP contribution in [0.15, 0.2) is 22.7 Å². The van der Waals surface area contributed by atoms with Crippen LogP contribution in [0.25, 0.3) is 0 Å². The Morgan fingerprint density at radius 2 is 2.19 bits per heavy atom. The van der Waals surface area contributed by atoms with E-state index in [9.17, 15) is 0 Å². The van der Waals surface area contributed by atoms with Gasteiger partial charge in [0.1, 0.15) is 5.75 Å². The first-order valence-electron chi connectivity index (χ1n) is 5.59. The summed E-state index contributed by atoms with van der Waals surface area (Å²) < 4.78 is 6.37. The molecule has 0 aliphatic heterocycles. The van der Waals surface area contributed by atoms with Gasteiger partial charge in [0.2, 0.25) is 0 Å². The Labute approximate surface area is 111 Å². The molecule has 90 valence electrons. The van der Waals surface area contributed by atoms with Crippen LogP contribution in [-0.2, 0) is 6.42 Å². The molecule has 0 aromatic heterocycles. The largest absolute Gasteiger partial charge is 0.497 e. The highest BCUT2D eigenvalue weighted by Gasteiger charge is 2.10. The van der Waals surface area contributed by atoms with Crippen molar-refractivity contribution >= 4 is 27.5 Å². The molecule has 0 fully saturated rings. The molecule has 1 unspecified atom stereocenters. The average Bonchev–Trinajstić information content (AvgIpc) is 2.31. The van der Waals surface area contributed by atoms with Crippen molar-refractivity contribution in [3.63, 3.8) is 0 Å². The minimum Gasteiger partial charge on any atom is -0.497 e. The van der Waals surface area contributed by atoms with Gasteiger partial charge in [-0.05, 0) is 42.5 Å². The Bertz CT molecular complexity index is 328. The quantitative estimate of drug-likeness (QED) is 0.695. The third kappa shape index (κ3) is 3.99. The lowest BCUT2D eigenvalue weighted by Gasteiger charge is -2.14.